The molecule has 0 aliphatic carbocycles. The SMILES string of the molecule is COc1ccccc1C(=O)CN1CC(C)SC(C)C1. The summed E-state index contributed by atoms with van der Waals surface area (Å²) in [5.41, 5.74) is 0.684. The molecule has 104 valence electrons. The largest absolute Gasteiger partial charge is 0.496 e. The zero-order chi connectivity index (χ0) is 13.8. The molecule has 1 aliphatic rings. The third kappa shape index (κ3) is 3.74. The first-order valence-electron chi connectivity index (χ1n) is 6.64. The molecule has 0 aromatic heterocycles. The van der Waals surface area contributed by atoms with E-state index in [1.54, 1.807) is 7.11 Å². The Kier molecular flexibility index (Phi) is 4.88. The summed E-state index contributed by atoms with van der Waals surface area (Å²) < 4.78 is 5.25. The first-order valence-corrected chi connectivity index (χ1v) is 7.58. The zero-order valence-electron chi connectivity index (χ0n) is 11.8. The molecule has 0 spiro atoms. The molecule has 19 heavy (non-hydrogen) atoms. The van der Waals surface area contributed by atoms with Crippen LogP contribution in [0.2, 0.25) is 0 Å². The second kappa shape index (κ2) is 6.44. The number of thioether (sulfide) groups is 1. The summed E-state index contributed by atoms with van der Waals surface area (Å²) >= 11 is 2.00. The average molecular weight is 279 g/mol. The van der Waals surface area contributed by atoms with E-state index >= 15 is 0 Å². The van der Waals surface area contributed by atoms with Gasteiger partial charge in [0, 0.05) is 23.6 Å². The van der Waals surface area contributed by atoms with E-state index < -0.39 is 0 Å². The number of benzene rings is 1. The summed E-state index contributed by atoms with van der Waals surface area (Å²) in [6.45, 7) is 6.89. The van der Waals surface area contributed by atoms with Gasteiger partial charge in [-0.05, 0) is 12.1 Å². The van der Waals surface area contributed by atoms with Crippen LogP contribution in [0.15, 0.2) is 24.3 Å². The van der Waals surface area contributed by atoms with Crippen molar-refractivity contribution < 1.29 is 9.53 Å². The van der Waals surface area contributed by atoms with E-state index in [0.29, 0.717) is 28.4 Å². The predicted molar refractivity (Wildman–Crippen MR) is 80.3 cm³/mol. The fourth-order valence-corrected chi connectivity index (χ4v) is 3.96. The number of Topliss-reactive ketones (excluding diaryl/α,β-unsaturated/α-hetero) is 1. The standard InChI is InChI=1S/C15H21NO2S/c1-11-8-16(9-12(2)19-11)10-14(17)13-6-4-5-7-15(13)18-3/h4-7,11-12H,8-10H2,1-3H3. The molecule has 2 unspecified atom stereocenters. The van der Waals surface area contributed by atoms with E-state index in [-0.39, 0.29) is 5.78 Å². The lowest BCUT2D eigenvalue weighted by molar-refractivity contribution is 0.0927. The Balaban J connectivity index is 2.04. The summed E-state index contributed by atoms with van der Waals surface area (Å²) in [6, 6.07) is 7.45. The van der Waals surface area contributed by atoms with Crippen molar-refractivity contribution in [2.45, 2.75) is 24.3 Å². The lowest BCUT2D eigenvalue weighted by atomic mass is 10.1. The number of nitrogens with zero attached hydrogens (tertiary/aromatic N) is 1. The number of hydrogen-bond donors (Lipinski definition) is 0. The van der Waals surface area contributed by atoms with Gasteiger partial charge in [-0.2, -0.15) is 11.8 Å². The van der Waals surface area contributed by atoms with Crippen molar-refractivity contribution in [2.24, 2.45) is 0 Å². The van der Waals surface area contributed by atoms with Crippen LogP contribution in [-0.4, -0.2) is 47.9 Å². The Morgan fingerprint density at radius 2 is 1.95 bits per heavy atom. The number of carbonyl (C=O) groups excluding carboxylic acids is 1. The van der Waals surface area contributed by atoms with Crippen LogP contribution in [-0.2, 0) is 0 Å². The van der Waals surface area contributed by atoms with E-state index in [2.05, 4.69) is 18.7 Å². The Morgan fingerprint density at radius 3 is 2.58 bits per heavy atom. The number of methoxy groups -OCH3 is 1. The highest BCUT2D eigenvalue weighted by Gasteiger charge is 2.24. The van der Waals surface area contributed by atoms with Gasteiger partial charge in [0.1, 0.15) is 5.75 Å². The van der Waals surface area contributed by atoms with E-state index in [1.807, 2.05) is 36.0 Å². The van der Waals surface area contributed by atoms with Crippen molar-refractivity contribution in [3.63, 3.8) is 0 Å². The van der Waals surface area contributed by atoms with Crippen LogP contribution in [0.1, 0.15) is 24.2 Å². The second-order valence-corrected chi connectivity index (χ2v) is 6.96. The van der Waals surface area contributed by atoms with Gasteiger partial charge < -0.3 is 4.74 Å². The number of ketones is 1. The van der Waals surface area contributed by atoms with Gasteiger partial charge in [0.2, 0.25) is 0 Å². The number of carbonyl (C=O) groups is 1. The van der Waals surface area contributed by atoms with Gasteiger partial charge >= 0.3 is 0 Å². The number of hydrogen-bond acceptors (Lipinski definition) is 4. The minimum atomic E-state index is 0.142. The molecule has 1 aromatic carbocycles. The van der Waals surface area contributed by atoms with Crippen LogP contribution in [0.3, 0.4) is 0 Å². The first-order chi connectivity index (χ1) is 9.10. The highest BCUT2D eigenvalue weighted by Crippen LogP contribution is 2.25. The number of para-hydroxylation sites is 1. The summed E-state index contributed by atoms with van der Waals surface area (Å²) in [6.07, 6.45) is 0. The molecule has 3 nitrogen and oxygen atoms in total. The van der Waals surface area contributed by atoms with E-state index in [0.717, 1.165) is 13.1 Å². The normalized spacial score (nSPS) is 24.2. The maximum atomic E-state index is 12.4. The fourth-order valence-electron chi connectivity index (χ4n) is 2.58. The van der Waals surface area contributed by atoms with Gasteiger partial charge in [-0.25, -0.2) is 0 Å². The summed E-state index contributed by atoms with van der Waals surface area (Å²) in [7, 11) is 1.60. The molecular weight excluding hydrogens is 258 g/mol. The topological polar surface area (TPSA) is 29.5 Å². The predicted octanol–water partition coefficient (Wildman–Crippen LogP) is 2.70. The molecule has 0 bridgehead atoms. The average Bonchev–Trinajstić information content (AvgIpc) is 2.37. The number of ether oxygens (including phenoxy) is 1. The van der Waals surface area contributed by atoms with Crippen molar-refractivity contribution in [3.8, 4) is 5.75 Å². The van der Waals surface area contributed by atoms with Gasteiger partial charge in [0.05, 0.1) is 19.2 Å². The van der Waals surface area contributed by atoms with Crippen molar-refractivity contribution in [3.05, 3.63) is 29.8 Å². The molecule has 1 aromatic rings. The molecule has 1 saturated heterocycles. The summed E-state index contributed by atoms with van der Waals surface area (Å²) in [5.74, 6) is 0.809. The Morgan fingerprint density at radius 1 is 1.32 bits per heavy atom. The Hall–Kier alpha value is -1.00. The van der Waals surface area contributed by atoms with Crippen LogP contribution in [0.4, 0.5) is 0 Å². The molecule has 4 heteroatoms. The van der Waals surface area contributed by atoms with Gasteiger partial charge in [-0.1, -0.05) is 26.0 Å². The van der Waals surface area contributed by atoms with Gasteiger partial charge in [-0.15, -0.1) is 0 Å². The van der Waals surface area contributed by atoms with Gasteiger partial charge in [0.25, 0.3) is 0 Å². The summed E-state index contributed by atoms with van der Waals surface area (Å²) in [4.78, 5) is 14.6. The molecule has 1 heterocycles. The third-order valence-electron chi connectivity index (χ3n) is 3.27. The molecular formula is C15H21NO2S. The monoisotopic (exact) mass is 279 g/mol. The lowest BCUT2D eigenvalue weighted by Crippen LogP contribution is -2.43. The molecule has 2 atom stereocenters. The second-order valence-electron chi connectivity index (χ2n) is 5.07. The van der Waals surface area contributed by atoms with Crippen molar-refractivity contribution in [2.75, 3.05) is 26.7 Å². The minimum Gasteiger partial charge on any atom is -0.496 e. The zero-order valence-corrected chi connectivity index (χ0v) is 12.6. The molecule has 1 aliphatic heterocycles. The van der Waals surface area contributed by atoms with Crippen LogP contribution < -0.4 is 4.74 Å². The van der Waals surface area contributed by atoms with Crippen LogP contribution in [0.25, 0.3) is 0 Å². The maximum Gasteiger partial charge on any atom is 0.180 e. The highest BCUT2D eigenvalue weighted by atomic mass is 32.2. The van der Waals surface area contributed by atoms with Gasteiger partial charge in [-0.3, -0.25) is 9.69 Å². The lowest BCUT2D eigenvalue weighted by Gasteiger charge is -2.34. The Labute approximate surface area is 119 Å². The van der Waals surface area contributed by atoms with Crippen molar-refractivity contribution >= 4 is 17.5 Å². The van der Waals surface area contributed by atoms with Crippen LogP contribution in [0.5, 0.6) is 5.75 Å². The molecule has 0 radical (unpaired) electrons. The molecule has 1 fully saturated rings. The van der Waals surface area contributed by atoms with Crippen LogP contribution >= 0.6 is 11.8 Å². The minimum absolute atomic E-state index is 0.142. The quantitative estimate of drug-likeness (QED) is 0.793. The molecule has 0 amide bonds. The first kappa shape index (κ1) is 14.4. The third-order valence-corrected chi connectivity index (χ3v) is 4.50. The van der Waals surface area contributed by atoms with Crippen LogP contribution in [0, 0.1) is 0 Å². The fraction of sp³-hybridized carbons (Fsp3) is 0.533. The highest BCUT2D eigenvalue weighted by molar-refractivity contribution is 8.00. The van der Waals surface area contributed by atoms with Gasteiger partial charge in [0.15, 0.2) is 5.78 Å². The van der Waals surface area contributed by atoms with E-state index in [9.17, 15) is 4.79 Å². The number of rotatable bonds is 4. The van der Waals surface area contributed by atoms with Crippen molar-refractivity contribution in [1.82, 2.24) is 4.90 Å². The molecule has 0 saturated carbocycles. The van der Waals surface area contributed by atoms with Crippen molar-refractivity contribution in [1.29, 1.82) is 0 Å². The molecule has 0 N–H and O–H groups in total. The van der Waals surface area contributed by atoms with E-state index in [4.69, 9.17) is 4.74 Å². The Bertz CT molecular complexity index is 440. The van der Waals surface area contributed by atoms with E-state index in [1.165, 1.54) is 0 Å². The maximum absolute atomic E-state index is 12.4. The molecule has 2 rings (SSSR count). The summed E-state index contributed by atoms with van der Waals surface area (Å²) in [5, 5.41) is 1.18. The smallest absolute Gasteiger partial charge is 0.180 e.